The highest BCUT2D eigenvalue weighted by molar-refractivity contribution is 5.93. The maximum Gasteiger partial charge on any atom is 0.257 e. The minimum Gasteiger partial charge on any atom is -0.472 e. The summed E-state index contributed by atoms with van der Waals surface area (Å²) in [5.41, 5.74) is 0.676. The number of carbonyl (C=O) groups is 1. The van der Waals surface area contributed by atoms with E-state index >= 15 is 0 Å². The largest absolute Gasteiger partial charge is 0.472 e. The first-order valence-corrected chi connectivity index (χ1v) is 6.37. The van der Waals surface area contributed by atoms with E-state index in [1.54, 1.807) is 12.3 Å². The number of nitrogens with zero attached hydrogens (tertiary/aromatic N) is 1. The van der Waals surface area contributed by atoms with Crippen LogP contribution in [0.2, 0.25) is 0 Å². The number of fused-ring (bicyclic) bond motifs is 1. The van der Waals surface area contributed by atoms with Gasteiger partial charge in [-0.25, -0.2) is 0 Å². The van der Waals surface area contributed by atoms with Gasteiger partial charge >= 0.3 is 0 Å². The molecule has 1 aromatic heterocycles. The van der Waals surface area contributed by atoms with E-state index in [0.717, 1.165) is 50.9 Å². The summed E-state index contributed by atoms with van der Waals surface area (Å²) < 4.78 is 4.97. The number of carbonyl (C=O) groups excluding carboxylic acids is 1. The molecule has 0 saturated carbocycles. The van der Waals surface area contributed by atoms with Crippen molar-refractivity contribution in [2.75, 3.05) is 26.2 Å². The van der Waals surface area contributed by atoms with Crippen LogP contribution in [0.1, 0.15) is 23.2 Å². The summed E-state index contributed by atoms with van der Waals surface area (Å²) in [7, 11) is 0. The highest BCUT2D eigenvalue weighted by Crippen LogP contribution is 2.27. The van der Waals surface area contributed by atoms with Crippen molar-refractivity contribution in [2.45, 2.75) is 12.8 Å². The van der Waals surface area contributed by atoms with Crippen molar-refractivity contribution >= 4 is 18.3 Å². The molecule has 0 aromatic carbocycles. The van der Waals surface area contributed by atoms with Crippen molar-refractivity contribution in [1.82, 2.24) is 10.2 Å². The highest BCUT2D eigenvalue weighted by Gasteiger charge is 2.31. The summed E-state index contributed by atoms with van der Waals surface area (Å²) in [6, 6.07) is 1.75. The van der Waals surface area contributed by atoms with E-state index in [9.17, 15) is 4.79 Å². The van der Waals surface area contributed by atoms with Crippen LogP contribution >= 0.6 is 12.4 Å². The normalized spacial score (nSPS) is 27.2. The second-order valence-electron chi connectivity index (χ2n) is 5.06. The van der Waals surface area contributed by atoms with Gasteiger partial charge in [-0.15, -0.1) is 12.4 Å². The SMILES string of the molecule is Cl.O=C(c1ccoc1)N1CC[C@@H]2CNC[C@@H]2CC1. The molecule has 2 aliphatic rings. The minimum absolute atomic E-state index is 0. The van der Waals surface area contributed by atoms with E-state index < -0.39 is 0 Å². The van der Waals surface area contributed by atoms with Gasteiger partial charge in [0.15, 0.2) is 0 Å². The average Bonchev–Trinajstić information content (AvgIpc) is 2.97. The Bertz CT molecular complexity index is 380. The predicted octanol–water partition coefficient (Wildman–Crippen LogP) is 1.77. The zero-order valence-corrected chi connectivity index (χ0v) is 11.1. The Morgan fingerprint density at radius 3 is 2.50 bits per heavy atom. The third kappa shape index (κ3) is 2.54. The lowest BCUT2D eigenvalue weighted by molar-refractivity contribution is 0.0758. The molecule has 0 bridgehead atoms. The number of hydrogen-bond acceptors (Lipinski definition) is 3. The second kappa shape index (κ2) is 5.76. The molecular formula is C13H19ClN2O2. The lowest BCUT2D eigenvalue weighted by Crippen LogP contribution is -2.32. The van der Waals surface area contributed by atoms with Gasteiger partial charge in [0.2, 0.25) is 0 Å². The molecule has 0 spiro atoms. The van der Waals surface area contributed by atoms with Crippen molar-refractivity contribution in [3.63, 3.8) is 0 Å². The van der Waals surface area contributed by atoms with Gasteiger partial charge in [-0.2, -0.15) is 0 Å². The van der Waals surface area contributed by atoms with Gasteiger partial charge < -0.3 is 14.6 Å². The molecule has 0 unspecified atom stereocenters. The fourth-order valence-corrected chi connectivity index (χ4v) is 2.99. The van der Waals surface area contributed by atoms with Crippen molar-refractivity contribution < 1.29 is 9.21 Å². The smallest absolute Gasteiger partial charge is 0.257 e. The lowest BCUT2D eigenvalue weighted by atomic mass is 9.92. The molecule has 18 heavy (non-hydrogen) atoms. The zero-order chi connectivity index (χ0) is 11.7. The first-order valence-electron chi connectivity index (χ1n) is 6.37. The van der Waals surface area contributed by atoms with Crippen LogP contribution in [0.15, 0.2) is 23.0 Å². The number of nitrogens with one attached hydrogen (secondary N) is 1. The van der Waals surface area contributed by atoms with Crippen LogP contribution in [0.25, 0.3) is 0 Å². The summed E-state index contributed by atoms with van der Waals surface area (Å²) in [6.07, 6.45) is 5.35. The Morgan fingerprint density at radius 2 is 1.94 bits per heavy atom. The number of likely N-dealkylation sites (tertiary alicyclic amines) is 1. The van der Waals surface area contributed by atoms with Gasteiger partial charge in [0, 0.05) is 13.1 Å². The summed E-state index contributed by atoms with van der Waals surface area (Å²) in [4.78, 5) is 14.2. The Kier molecular flexibility index (Phi) is 4.30. The Morgan fingerprint density at radius 1 is 1.28 bits per heavy atom. The maximum atomic E-state index is 12.2. The van der Waals surface area contributed by atoms with Crippen LogP contribution in [0.3, 0.4) is 0 Å². The molecule has 2 fully saturated rings. The van der Waals surface area contributed by atoms with Gasteiger partial charge in [0.1, 0.15) is 6.26 Å². The van der Waals surface area contributed by atoms with Gasteiger partial charge in [-0.05, 0) is 43.8 Å². The van der Waals surface area contributed by atoms with E-state index in [4.69, 9.17) is 4.42 Å². The Balaban J connectivity index is 0.00000120. The molecule has 100 valence electrons. The van der Waals surface area contributed by atoms with Crippen LogP contribution in [0, 0.1) is 11.8 Å². The van der Waals surface area contributed by atoms with Crippen molar-refractivity contribution in [1.29, 1.82) is 0 Å². The average molecular weight is 271 g/mol. The first kappa shape index (κ1) is 13.4. The number of furan rings is 1. The molecular weight excluding hydrogens is 252 g/mol. The van der Waals surface area contributed by atoms with E-state index in [1.165, 1.54) is 6.26 Å². The lowest BCUT2D eigenvalue weighted by Gasteiger charge is -2.19. The zero-order valence-electron chi connectivity index (χ0n) is 10.3. The fourth-order valence-electron chi connectivity index (χ4n) is 2.99. The third-order valence-corrected chi connectivity index (χ3v) is 4.07. The van der Waals surface area contributed by atoms with Crippen molar-refractivity contribution in [3.05, 3.63) is 24.2 Å². The molecule has 2 saturated heterocycles. The number of amides is 1. The van der Waals surface area contributed by atoms with Gasteiger partial charge in [0.05, 0.1) is 11.8 Å². The quantitative estimate of drug-likeness (QED) is 0.846. The fraction of sp³-hybridized carbons (Fsp3) is 0.615. The molecule has 1 amide bonds. The van der Waals surface area contributed by atoms with Gasteiger partial charge in [-0.3, -0.25) is 4.79 Å². The molecule has 0 aliphatic carbocycles. The van der Waals surface area contributed by atoms with E-state index in [2.05, 4.69) is 5.32 Å². The molecule has 2 aliphatic heterocycles. The summed E-state index contributed by atoms with van der Waals surface area (Å²) >= 11 is 0. The molecule has 0 radical (unpaired) electrons. The third-order valence-electron chi connectivity index (χ3n) is 4.07. The monoisotopic (exact) mass is 270 g/mol. The van der Waals surface area contributed by atoms with Crippen LogP contribution in [-0.4, -0.2) is 37.0 Å². The highest BCUT2D eigenvalue weighted by atomic mass is 35.5. The van der Waals surface area contributed by atoms with Crippen LogP contribution in [0.5, 0.6) is 0 Å². The number of rotatable bonds is 1. The molecule has 3 heterocycles. The van der Waals surface area contributed by atoms with E-state index in [1.807, 2.05) is 4.90 Å². The molecule has 4 nitrogen and oxygen atoms in total. The summed E-state index contributed by atoms with van der Waals surface area (Å²) in [5, 5.41) is 3.45. The standard InChI is InChI=1S/C13H18N2O2.ClH/c16-13(12-3-6-17-9-12)15-4-1-10-7-14-8-11(10)2-5-15;/h3,6,9-11,14H,1-2,4-5,7-8H2;1H/t10-,11+;. The van der Waals surface area contributed by atoms with Gasteiger partial charge in [-0.1, -0.05) is 0 Å². The predicted molar refractivity (Wildman–Crippen MR) is 70.9 cm³/mol. The Hall–Kier alpha value is -1.00. The molecule has 1 N–H and O–H groups in total. The van der Waals surface area contributed by atoms with Crippen LogP contribution in [0.4, 0.5) is 0 Å². The van der Waals surface area contributed by atoms with Gasteiger partial charge in [0.25, 0.3) is 5.91 Å². The van der Waals surface area contributed by atoms with Crippen molar-refractivity contribution in [3.8, 4) is 0 Å². The number of halogens is 1. The number of hydrogen-bond donors (Lipinski definition) is 1. The topological polar surface area (TPSA) is 45.5 Å². The minimum atomic E-state index is 0. The molecule has 5 heteroatoms. The van der Waals surface area contributed by atoms with Crippen LogP contribution in [-0.2, 0) is 0 Å². The van der Waals surface area contributed by atoms with E-state index in [0.29, 0.717) is 5.56 Å². The van der Waals surface area contributed by atoms with E-state index in [-0.39, 0.29) is 18.3 Å². The summed E-state index contributed by atoms with van der Waals surface area (Å²) in [5.74, 6) is 1.64. The van der Waals surface area contributed by atoms with Crippen molar-refractivity contribution in [2.24, 2.45) is 11.8 Å². The second-order valence-corrected chi connectivity index (χ2v) is 5.06. The summed E-state index contributed by atoms with van der Waals surface area (Å²) in [6.45, 7) is 4.01. The van der Waals surface area contributed by atoms with Crippen LogP contribution < -0.4 is 5.32 Å². The maximum absolute atomic E-state index is 12.2. The molecule has 1 aromatic rings. The molecule has 2 atom stereocenters. The Labute approximate surface area is 113 Å². The molecule has 3 rings (SSSR count). The first-order chi connectivity index (χ1) is 8.34.